The van der Waals surface area contributed by atoms with Crippen LogP contribution in [0.2, 0.25) is 30.7 Å². The number of hydrogen-bond acceptors (Lipinski definition) is 6. The Kier molecular flexibility index (Phi) is 7.03. The summed E-state index contributed by atoms with van der Waals surface area (Å²) in [5.41, 5.74) is 9.21. The predicted octanol–water partition coefficient (Wildman–Crippen LogP) is 3.64. The second-order valence-electron chi connectivity index (χ2n) is 9.47. The Balaban J connectivity index is 1.74. The molecule has 3 N–H and O–H groups in total. The fourth-order valence-electron chi connectivity index (χ4n) is 3.67. The minimum atomic E-state index is -1.20. The van der Waals surface area contributed by atoms with E-state index in [9.17, 15) is 4.79 Å². The highest BCUT2D eigenvalue weighted by molar-refractivity contribution is 6.76. The van der Waals surface area contributed by atoms with Crippen molar-refractivity contribution in [3.8, 4) is 11.4 Å². The summed E-state index contributed by atoms with van der Waals surface area (Å²) < 4.78 is 9.50. The quantitative estimate of drug-likeness (QED) is 0.268. The maximum absolute atomic E-state index is 12.9. The molecule has 0 atom stereocenters. The van der Waals surface area contributed by atoms with Gasteiger partial charge in [0.2, 0.25) is 0 Å². The molecular weight excluding hydrogens is 470 g/mol. The minimum absolute atomic E-state index is 0.250. The third-order valence-electron chi connectivity index (χ3n) is 5.52. The van der Waals surface area contributed by atoms with E-state index in [1.807, 2.05) is 29.8 Å². The molecule has 3 heterocycles. The van der Waals surface area contributed by atoms with Crippen molar-refractivity contribution in [2.75, 3.05) is 19.7 Å². The van der Waals surface area contributed by atoms with Gasteiger partial charge in [0, 0.05) is 51.4 Å². The molecule has 0 aliphatic rings. The molecule has 4 rings (SSSR count). The highest BCUT2D eigenvalue weighted by Crippen LogP contribution is 2.30. The fraction of sp³-hybridized carbons (Fsp3) is 0.391. The Morgan fingerprint density at radius 3 is 2.82 bits per heavy atom. The molecule has 0 saturated carbocycles. The lowest BCUT2D eigenvalue weighted by molar-refractivity contribution is 0.0892. The molecule has 9 nitrogen and oxygen atoms in total. The number of halogens is 1. The van der Waals surface area contributed by atoms with E-state index in [0.717, 1.165) is 16.9 Å². The Labute approximate surface area is 204 Å². The number of aromatic nitrogens is 5. The standard InChI is InChI=1S/C23H30ClN7O2Si/c1-30-19-11-15(24)5-6-16(19)20(29-30)18-12-27-22-21(28-18)17(23(32)26-8-7-25)13-31(22)14-33-9-10-34(2,3)4/h5-6,11-13H,7-10,14,25H2,1-4H3,(H,26,32). The Morgan fingerprint density at radius 1 is 1.29 bits per heavy atom. The Morgan fingerprint density at radius 2 is 2.09 bits per heavy atom. The number of nitrogens with two attached hydrogens (primary N) is 1. The monoisotopic (exact) mass is 499 g/mol. The van der Waals surface area contributed by atoms with Crippen LogP contribution in [0, 0.1) is 0 Å². The predicted molar refractivity (Wildman–Crippen MR) is 138 cm³/mol. The van der Waals surface area contributed by atoms with Crippen LogP contribution in [0.1, 0.15) is 10.4 Å². The van der Waals surface area contributed by atoms with Gasteiger partial charge in [0.05, 0.1) is 17.3 Å². The first kappa shape index (κ1) is 24.3. The molecule has 4 aromatic rings. The van der Waals surface area contributed by atoms with Gasteiger partial charge >= 0.3 is 0 Å². The average molecular weight is 500 g/mol. The maximum Gasteiger partial charge on any atom is 0.255 e. The van der Waals surface area contributed by atoms with Crippen LogP contribution in [-0.4, -0.2) is 58.0 Å². The molecule has 0 aliphatic heterocycles. The van der Waals surface area contributed by atoms with E-state index in [-0.39, 0.29) is 5.91 Å². The third kappa shape index (κ3) is 5.14. The van der Waals surface area contributed by atoms with Crippen LogP contribution in [0.25, 0.3) is 33.5 Å². The van der Waals surface area contributed by atoms with Crippen molar-refractivity contribution in [3.05, 3.63) is 41.2 Å². The molecule has 1 aromatic carbocycles. The fourth-order valence-corrected chi connectivity index (χ4v) is 4.60. The molecule has 3 aromatic heterocycles. The lowest BCUT2D eigenvalue weighted by Gasteiger charge is -2.15. The smallest absolute Gasteiger partial charge is 0.255 e. The van der Waals surface area contributed by atoms with E-state index >= 15 is 0 Å². The zero-order valence-corrected chi connectivity index (χ0v) is 21.7. The number of hydrogen-bond donors (Lipinski definition) is 2. The van der Waals surface area contributed by atoms with Gasteiger partial charge in [-0.15, -0.1) is 0 Å². The summed E-state index contributed by atoms with van der Waals surface area (Å²) in [4.78, 5) is 22.3. The number of fused-ring (bicyclic) bond motifs is 2. The second kappa shape index (κ2) is 9.83. The summed E-state index contributed by atoms with van der Waals surface area (Å²) in [5, 5.41) is 9.00. The highest BCUT2D eigenvalue weighted by atomic mass is 35.5. The van der Waals surface area contributed by atoms with Gasteiger partial charge in [0.1, 0.15) is 23.6 Å². The van der Waals surface area contributed by atoms with Gasteiger partial charge in [0.15, 0.2) is 5.65 Å². The largest absolute Gasteiger partial charge is 0.361 e. The number of aryl methyl sites for hydroxylation is 1. The first-order valence-electron chi connectivity index (χ1n) is 11.2. The second-order valence-corrected chi connectivity index (χ2v) is 15.5. The van der Waals surface area contributed by atoms with E-state index in [2.05, 4.69) is 35.0 Å². The van der Waals surface area contributed by atoms with Crippen LogP contribution in [0.5, 0.6) is 0 Å². The van der Waals surface area contributed by atoms with E-state index in [0.29, 0.717) is 59.6 Å². The van der Waals surface area contributed by atoms with Crippen LogP contribution < -0.4 is 11.1 Å². The number of benzene rings is 1. The summed E-state index contributed by atoms with van der Waals surface area (Å²) in [7, 11) is 0.654. The van der Waals surface area contributed by atoms with Crippen LogP contribution in [0.15, 0.2) is 30.6 Å². The van der Waals surface area contributed by atoms with E-state index in [1.54, 1.807) is 17.1 Å². The molecular formula is C23H30ClN7O2Si. The molecule has 0 aliphatic carbocycles. The Bertz CT molecular complexity index is 1340. The first-order chi connectivity index (χ1) is 16.2. The molecule has 1 amide bonds. The van der Waals surface area contributed by atoms with Crippen molar-refractivity contribution in [3.63, 3.8) is 0 Å². The average Bonchev–Trinajstić information content (AvgIpc) is 3.31. The van der Waals surface area contributed by atoms with Gasteiger partial charge < -0.3 is 20.4 Å². The lowest BCUT2D eigenvalue weighted by atomic mass is 10.1. The van der Waals surface area contributed by atoms with Gasteiger partial charge in [-0.2, -0.15) is 5.10 Å². The Hall–Kier alpha value is -2.79. The van der Waals surface area contributed by atoms with Crippen molar-refractivity contribution in [2.45, 2.75) is 32.4 Å². The third-order valence-corrected chi connectivity index (χ3v) is 7.46. The number of carbonyl (C=O) groups excluding carboxylic acids is 1. The lowest BCUT2D eigenvalue weighted by Crippen LogP contribution is -2.29. The van der Waals surface area contributed by atoms with Crippen LogP contribution in [-0.2, 0) is 18.5 Å². The first-order valence-corrected chi connectivity index (χ1v) is 15.3. The zero-order chi connectivity index (χ0) is 24.5. The number of amides is 1. The molecule has 0 unspecified atom stereocenters. The summed E-state index contributed by atoms with van der Waals surface area (Å²) in [6.07, 6.45) is 3.42. The number of rotatable bonds is 9. The number of nitrogens with one attached hydrogen (secondary N) is 1. The number of carbonyl (C=O) groups is 1. The number of nitrogens with zero attached hydrogens (tertiary/aromatic N) is 5. The van der Waals surface area contributed by atoms with Gasteiger partial charge in [-0.05, 0) is 24.2 Å². The molecule has 180 valence electrons. The summed E-state index contributed by atoms with van der Waals surface area (Å²) in [6.45, 7) is 8.61. The van der Waals surface area contributed by atoms with Crippen LogP contribution >= 0.6 is 11.6 Å². The summed E-state index contributed by atoms with van der Waals surface area (Å²) in [6, 6.07) is 6.65. The molecule has 0 bridgehead atoms. The summed E-state index contributed by atoms with van der Waals surface area (Å²) >= 11 is 6.17. The normalized spacial score (nSPS) is 12.1. The number of ether oxygens (including phenoxy) is 1. The van der Waals surface area contributed by atoms with Crippen LogP contribution in [0.3, 0.4) is 0 Å². The minimum Gasteiger partial charge on any atom is -0.361 e. The maximum atomic E-state index is 12.9. The van der Waals surface area contributed by atoms with Crippen molar-refractivity contribution in [1.29, 1.82) is 0 Å². The van der Waals surface area contributed by atoms with Crippen molar-refractivity contribution < 1.29 is 9.53 Å². The van der Waals surface area contributed by atoms with Gasteiger partial charge in [-0.1, -0.05) is 31.2 Å². The molecule has 0 spiro atoms. The van der Waals surface area contributed by atoms with Gasteiger partial charge in [-0.3, -0.25) is 9.48 Å². The topological polar surface area (TPSA) is 113 Å². The molecule has 34 heavy (non-hydrogen) atoms. The van der Waals surface area contributed by atoms with Crippen LogP contribution in [0.4, 0.5) is 0 Å². The van der Waals surface area contributed by atoms with Crippen molar-refractivity contribution in [1.82, 2.24) is 29.6 Å². The van der Waals surface area contributed by atoms with Crippen molar-refractivity contribution >= 4 is 47.6 Å². The van der Waals surface area contributed by atoms with E-state index in [1.165, 1.54) is 0 Å². The molecule has 11 heteroatoms. The molecule has 0 saturated heterocycles. The van der Waals surface area contributed by atoms with E-state index < -0.39 is 8.07 Å². The molecule has 0 radical (unpaired) electrons. The van der Waals surface area contributed by atoms with Gasteiger partial charge in [0.25, 0.3) is 5.91 Å². The highest BCUT2D eigenvalue weighted by Gasteiger charge is 2.21. The van der Waals surface area contributed by atoms with E-state index in [4.69, 9.17) is 27.1 Å². The zero-order valence-electron chi connectivity index (χ0n) is 19.9. The SMILES string of the molecule is Cn1nc(-c2cnc3c(n2)c(C(=O)NCCN)cn3COCC[Si](C)(C)C)c2ccc(Cl)cc21. The van der Waals surface area contributed by atoms with Crippen molar-refractivity contribution in [2.24, 2.45) is 12.8 Å². The summed E-state index contributed by atoms with van der Waals surface area (Å²) in [5.74, 6) is -0.250. The molecule has 0 fully saturated rings. The van der Waals surface area contributed by atoms with Gasteiger partial charge in [-0.25, -0.2) is 9.97 Å².